The van der Waals surface area contributed by atoms with Gasteiger partial charge in [-0.2, -0.15) is 0 Å². The van der Waals surface area contributed by atoms with E-state index in [1.165, 1.54) is 16.7 Å². The summed E-state index contributed by atoms with van der Waals surface area (Å²) in [4.78, 5) is 32.8. The number of imidazole rings is 1. The van der Waals surface area contributed by atoms with Crippen LogP contribution in [0.25, 0.3) is 0 Å². The quantitative estimate of drug-likeness (QED) is 0.690. The molecule has 1 aromatic carbocycles. The number of carbonyl (C=O) groups excluding carboxylic acids is 2. The zero-order valence-corrected chi connectivity index (χ0v) is 13.0. The zero-order chi connectivity index (χ0) is 15.7. The first-order chi connectivity index (χ1) is 10.6. The Morgan fingerprint density at radius 1 is 1.50 bits per heavy atom. The number of nitrogens with zero attached hydrogens (tertiary/aromatic N) is 2. The van der Waals surface area contributed by atoms with Crippen LogP contribution in [0.1, 0.15) is 17.3 Å². The highest BCUT2D eigenvalue weighted by atomic mass is 32.2. The van der Waals surface area contributed by atoms with E-state index in [9.17, 15) is 9.59 Å². The Bertz CT molecular complexity index is 715. The number of thioether (sulfide) groups is 1. The monoisotopic (exact) mass is 317 g/mol. The third-order valence-electron chi connectivity index (χ3n) is 3.46. The molecule has 1 amide bonds. The van der Waals surface area contributed by atoms with Crippen molar-refractivity contribution < 1.29 is 14.3 Å². The van der Waals surface area contributed by atoms with Gasteiger partial charge < -0.3 is 14.6 Å². The van der Waals surface area contributed by atoms with Gasteiger partial charge in [-0.3, -0.25) is 9.59 Å². The molecule has 6 nitrogen and oxygen atoms in total. The summed E-state index contributed by atoms with van der Waals surface area (Å²) in [5, 5.41) is 0.421. The number of benzene rings is 1. The summed E-state index contributed by atoms with van der Waals surface area (Å²) in [6.07, 6.45) is 3.37. The minimum absolute atomic E-state index is 0.0179. The van der Waals surface area contributed by atoms with Crippen molar-refractivity contribution in [3.63, 3.8) is 0 Å². The van der Waals surface area contributed by atoms with Crippen LogP contribution in [0.5, 0.6) is 5.75 Å². The molecule has 0 saturated heterocycles. The Morgan fingerprint density at radius 3 is 3.05 bits per heavy atom. The van der Waals surface area contributed by atoms with Crippen LogP contribution in [0.2, 0.25) is 0 Å². The Hall–Kier alpha value is -2.28. The number of nitrogens with one attached hydrogen (secondary N) is 1. The lowest BCUT2D eigenvalue weighted by Gasteiger charge is -2.26. The number of hydrogen-bond acceptors (Lipinski definition) is 5. The largest absolute Gasteiger partial charge is 0.482 e. The van der Waals surface area contributed by atoms with Gasteiger partial charge in [0.15, 0.2) is 17.5 Å². The summed E-state index contributed by atoms with van der Waals surface area (Å²) in [7, 11) is 1.68. The van der Waals surface area contributed by atoms with Gasteiger partial charge in [-0.25, -0.2) is 4.98 Å². The summed E-state index contributed by atoms with van der Waals surface area (Å²) in [6.45, 7) is 1.86. The fourth-order valence-corrected chi connectivity index (χ4v) is 3.03. The molecule has 3 rings (SSSR count). The molecule has 0 bridgehead atoms. The molecule has 7 heteroatoms. The lowest BCUT2D eigenvalue weighted by atomic mass is 10.1. The molecule has 1 aliphatic heterocycles. The van der Waals surface area contributed by atoms with E-state index in [1.54, 1.807) is 37.6 Å². The average Bonchev–Trinajstić information content (AvgIpc) is 3.03. The second kappa shape index (κ2) is 5.84. The number of likely N-dealkylation sites (N-methyl/N-ethyl adjacent to an activating group) is 1. The number of aromatic nitrogens is 2. The molecular formula is C15H15N3O3S. The minimum atomic E-state index is -0.283. The molecule has 0 fully saturated rings. The number of ketones is 1. The fraction of sp³-hybridized carbons (Fsp3) is 0.267. The van der Waals surface area contributed by atoms with Crippen molar-refractivity contribution >= 4 is 29.1 Å². The predicted octanol–water partition coefficient (Wildman–Crippen LogP) is 2.13. The van der Waals surface area contributed by atoms with E-state index in [0.29, 0.717) is 22.2 Å². The van der Waals surface area contributed by atoms with Crippen LogP contribution in [0.3, 0.4) is 0 Å². The van der Waals surface area contributed by atoms with Crippen molar-refractivity contribution in [2.75, 3.05) is 18.6 Å². The number of carbonyl (C=O) groups is 2. The molecule has 0 spiro atoms. The maximum atomic E-state index is 12.5. The van der Waals surface area contributed by atoms with Crippen molar-refractivity contribution in [2.45, 2.75) is 17.3 Å². The summed E-state index contributed by atoms with van der Waals surface area (Å²) >= 11 is 1.36. The van der Waals surface area contributed by atoms with Crippen molar-refractivity contribution in [3.8, 4) is 5.75 Å². The highest BCUT2D eigenvalue weighted by Gasteiger charge is 2.25. The molecular weight excluding hydrogens is 302 g/mol. The molecule has 0 aliphatic carbocycles. The van der Waals surface area contributed by atoms with Gasteiger partial charge in [-0.1, -0.05) is 11.8 Å². The van der Waals surface area contributed by atoms with Gasteiger partial charge in [0, 0.05) is 25.0 Å². The SMILES string of the molecule is CC(Sc1ncc[nH]1)C(=O)c1ccc2c(c1)N(C)C(=O)CO2. The van der Waals surface area contributed by atoms with E-state index >= 15 is 0 Å². The van der Waals surface area contributed by atoms with Crippen LogP contribution in [-0.2, 0) is 4.79 Å². The first-order valence-corrected chi connectivity index (χ1v) is 7.68. The molecule has 22 heavy (non-hydrogen) atoms. The van der Waals surface area contributed by atoms with Gasteiger partial charge in [0.1, 0.15) is 5.75 Å². The normalized spacial score (nSPS) is 15.2. The molecule has 0 saturated carbocycles. The van der Waals surface area contributed by atoms with Crippen molar-refractivity contribution in [1.29, 1.82) is 0 Å². The molecule has 114 valence electrons. The zero-order valence-electron chi connectivity index (χ0n) is 12.2. The number of amides is 1. The first-order valence-electron chi connectivity index (χ1n) is 6.80. The number of hydrogen-bond donors (Lipinski definition) is 1. The number of aromatic amines is 1. The van der Waals surface area contributed by atoms with E-state index in [0.717, 1.165) is 0 Å². The van der Waals surface area contributed by atoms with E-state index < -0.39 is 0 Å². The third kappa shape index (κ3) is 2.71. The van der Waals surface area contributed by atoms with Crippen molar-refractivity contribution in [1.82, 2.24) is 9.97 Å². The van der Waals surface area contributed by atoms with Gasteiger partial charge in [0.25, 0.3) is 5.91 Å². The number of rotatable bonds is 4. The average molecular weight is 317 g/mol. The fourth-order valence-electron chi connectivity index (χ4n) is 2.20. The van der Waals surface area contributed by atoms with E-state index in [1.807, 2.05) is 6.92 Å². The number of Topliss-reactive ketones (excluding diaryl/α,β-unsaturated/α-hetero) is 1. The lowest BCUT2D eigenvalue weighted by Crippen LogP contribution is -2.35. The van der Waals surface area contributed by atoms with Crippen LogP contribution >= 0.6 is 11.8 Å². The van der Waals surface area contributed by atoms with Gasteiger partial charge in [0.05, 0.1) is 10.9 Å². The first kappa shape index (κ1) is 14.6. The van der Waals surface area contributed by atoms with E-state index in [4.69, 9.17) is 4.74 Å². The van der Waals surface area contributed by atoms with Crippen LogP contribution in [0, 0.1) is 0 Å². The molecule has 2 heterocycles. The molecule has 1 atom stereocenters. The van der Waals surface area contributed by atoms with Crippen LogP contribution in [0.15, 0.2) is 35.7 Å². The van der Waals surface area contributed by atoms with Crippen molar-refractivity contribution in [2.24, 2.45) is 0 Å². The highest BCUT2D eigenvalue weighted by molar-refractivity contribution is 8.00. The summed E-state index contributed by atoms with van der Waals surface area (Å²) in [6, 6.07) is 5.16. The molecule has 0 radical (unpaired) electrons. The number of anilines is 1. The van der Waals surface area contributed by atoms with Gasteiger partial charge in [0.2, 0.25) is 0 Å². The second-order valence-electron chi connectivity index (χ2n) is 4.94. The van der Waals surface area contributed by atoms with Crippen LogP contribution < -0.4 is 9.64 Å². The van der Waals surface area contributed by atoms with E-state index in [-0.39, 0.29) is 23.5 Å². The van der Waals surface area contributed by atoms with Gasteiger partial charge in [-0.15, -0.1) is 0 Å². The van der Waals surface area contributed by atoms with E-state index in [2.05, 4.69) is 9.97 Å². The summed E-state index contributed by atoms with van der Waals surface area (Å²) in [5.41, 5.74) is 1.17. The summed E-state index contributed by atoms with van der Waals surface area (Å²) in [5.74, 6) is 0.468. The lowest BCUT2D eigenvalue weighted by molar-refractivity contribution is -0.120. The molecule has 1 unspecified atom stereocenters. The third-order valence-corrected chi connectivity index (χ3v) is 4.47. The Labute approximate surface area is 131 Å². The topological polar surface area (TPSA) is 75.3 Å². The maximum absolute atomic E-state index is 12.5. The molecule has 1 N–H and O–H groups in total. The molecule has 2 aromatic rings. The van der Waals surface area contributed by atoms with Crippen molar-refractivity contribution in [3.05, 3.63) is 36.2 Å². The minimum Gasteiger partial charge on any atom is -0.482 e. The maximum Gasteiger partial charge on any atom is 0.264 e. The Kier molecular flexibility index (Phi) is 3.89. The van der Waals surface area contributed by atoms with Crippen LogP contribution in [0.4, 0.5) is 5.69 Å². The number of fused-ring (bicyclic) bond motifs is 1. The second-order valence-corrected chi connectivity index (χ2v) is 6.27. The number of ether oxygens (including phenoxy) is 1. The smallest absolute Gasteiger partial charge is 0.264 e. The molecule has 1 aliphatic rings. The standard InChI is InChI=1S/C15H15N3O3S/c1-9(22-15-16-5-6-17-15)14(20)10-3-4-12-11(7-10)18(2)13(19)8-21-12/h3-7,9H,8H2,1-2H3,(H,16,17). The predicted molar refractivity (Wildman–Crippen MR) is 83.6 cm³/mol. The molecule has 1 aromatic heterocycles. The van der Waals surface area contributed by atoms with Gasteiger partial charge >= 0.3 is 0 Å². The summed E-state index contributed by atoms with van der Waals surface area (Å²) < 4.78 is 5.36. The Balaban J connectivity index is 1.82. The van der Waals surface area contributed by atoms with Gasteiger partial charge in [-0.05, 0) is 25.1 Å². The Morgan fingerprint density at radius 2 is 2.32 bits per heavy atom. The van der Waals surface area contributed by atoms with Crippen LogP contribution in [-0.4, -0.2) is 40.6 Å². The highest BCUT2D eigenvalue weighted by Crippen LogP contribution is 2.33. The number of H-pyrrole nitrogens is 1.